The maximum Gasteiger partial charge on any atom is 0.257 e. The summed E-state index contributed by atoms with van der Waals surface area (Å²) in [5, 5.41) is 0. The molecule has 1 aromatic carbocycles. The molecule has 0 unspecified atom stereocenters. The van der Waals surface area contributed by atoms with Crippen LogP contribution < -0.4 is 10.3 Å². The number of sulfonamides is 1. The molecule has 116 valence electrons. The molecule has 0 heterocycles. The molecule has 21 heavy (non-hydrogen) atoms. The van der Waals surface area contributed by atoms with E-state index in [2.05, 4.69) is 10.3 Å². The van der Waals surface area contributed by atoms with Crippen LogP contribution in [0.1, 0.15) is 43.2 Å². The molecular formula is C15H22N2O3S. The monoisotopic (exact) mass is 310 g/mol. The smallest absolute Gasteiger partial charge is 0.257 e. The number of hydrogen-bond donors (Lipinski definition) is 2. The summed E-state index contributed by atoms with van der Waals surface area (Å²) < 4.78 is 24.3. The van der Waals surface area contributed by atoms with Gasteiger partial charge in [-0.2, -0.15) is 0 Å². The minimum atomic E-state index is -3.72. The minimum Gasteiger partial charge on any atom is -0.277 e. The van der Waals surface area contributed by atoms with Crippen molar-refractivity contribution in [1.29, 1.82) is 0 Å². The predicted octanol–water partition coefficient (Wildman–Crippen LogP) is 2.19. The van der Waals surface area contributed by atoms with Gasteiger partial charge in [0.2, 0.25) is 5.91 Å². The quantitative estimate of drug-likeness (QED) is 0.837. The Bertz CT molecular complexity index is 620. The third kappa shape index (κ3) is 4.04. The average molecular weight is 310 g/mol. The lowest BCUT2D eigenvalue weighted by atomic mass is 9.89. The minimum absolute atomic E-state index is 0.0822. The highest BCUT2D eigenvalue weighted by Gasteiger charge is 2.23. The number of rotatable bonds is 4. The zero-order chi connectivity index (χ0) is 15.5. The number of hydrazine groups is 1. The molecule has 0 saturated heterocycles. The fourth-order valence-electron chi connectivity index (χ4n) is 2.52. The first kappa shape index (κ1) is 16.0. The van der Waals surface area contributed by atoms with Gasteiger partial charge in [-0.15, -0.1) is 4.83 Å². The molecule has 5 nitrogen and oxygen atoms in total. The van der Waals surface area contributed by atoms with Gasteiger partial charge in [-0.05, 0) is 49.9 Å². The molecule has 2 N–H and O–H groups in total. The molecule has 0 spiro atoms. The second-order valence-electron chi connectivity index (χ2n) is 5.68. The lowest BCUT2D eigenvalue weighted by molar-refractivity contribution is -0.126. The van der Waals surface area contributed by atoms with E-state index in [0.717, 1.165) is 43.2 Å². The number of benzene rings is 1. The molecule has 1 aromatic rings. The maximum atomic E-state index is 12.2. The van der Waals surface area contributed by atoms with Gasteiger partial charge in [-0.25, -0.2) is 8.42 Å². The van der Waals surface area contributed by atoms with Gasteiger partial charge in [0.25, 0.3) is 10.0 Å². The molecule has 1 aliphatic rings. The van der Waals surface area contributed by atoms with Gasteiger partial charge in [0.1, 0.15) is 0 Å². The number of amides is 1. The topological polar surface area (TPSA) is 75.3 Å². The third-order valence-electron chi connectivity index (χ3n) is 4.07. The lowest BCUT2D eigenvalue weighted by Gasteiger charge is -2.20. The van der Waals surface area contributed by atoms with E-state index in [-0.39, 0.29) is 16.7 Å². The first-order valence-electron chi connectivity index (χ1n) is 7.29. The van der Waals surface area contributed by atoms with Crippen LogP contribution in [0.15, 0.2) is 23.1 Å². The van der Waals surface area contributed by atoms with Crippen LogP contribution in [0.4, 0.5) is 0 Å². The molecule has 0 aliphatic heterocycles. The van der Waals surface area contributed by atoms with E-state index in [9.17, 15) is 13.2 Å². The van der Waals surface area contributed by atoms with Gasteiger partial charge in [0, 0.05) is 5.92 Å². The highest BCUT2D eigenvalue weighted by atomic mass is 32.2. The Morgan fingerprint density at radius 3 is 2.38 bits per heavy atom. The lowest BCUT2D eigenvalue weighted by Crippen LogP contribution is -2.44. The van der Waals surface area contributed by atoms with E-state index in [1.165, 1.54) is 6.07 Å². The average Bonchev–Trinajstić information content (AvgIpc) is 2.48. The molecule has 0 atom stereocenters. The van der Waals surface area contributed by atoms with Crippen LogP contribution in [0.25, 0.3) is 0 Å². The van der Waals surface area contributed by atoms with Crippen molar-refractivity contribution < 1.29 is 13.2 Å². The zero-order valence-electron chi connectivity index (χ0n) is 12.5. The Labute approximate surface area is 126 Å². The summed E-state index contributed by atoms with van der Waals surface area (Å²) in [4.78, 5) is 14.3. The Kier molecular flexibility index (Phi) is 5.00. The Morgan fingerprint density at radius 1 is 1.10 bits per heavy atom. The van der Waals surface area contributed by atoms with Gasteiger partial charge in [-0.1, -0.05) is 25.3 Å². The maximum absolute atomic E-state index is 12.2. The number of nitrogens with one attached hydrogen (secondary N) is 2. The third-order valence-corrected chi connectivity index (χ3v) is 5.32. The second kappa shape index (κ2) is 6.58. The fraction of sp³-hybridized carbons (Fsp3) is 0.533. The summed E-state index contributed by atoms with van der Waals surface area (Å²) in [6.07, 6.45) is 4.87. The molecule has 1 aliphatic carbocycles. The van der Waals surface area contributed by atoms with Crippen molar-refractivity contribution in [1.82, 2.24) is 10.3 Å². The fourth-order valence-corrected chi connectivity index (χ4v) is 3.46. The van der Waals surface area contributed by atoms with Crippen molar-refractivity contribution in [3.63, 3.8) is 0 Å². The molecule has 1 saturated carbocycles. The van der Waals surface area contributed by atoms with Crippen LogP contribution in [0.2, 0.25) is 0 Å². The van der Waals surface area contributed by atoms with Gasteiger partial charge < -0.3 is 0 Å². The Morgan fingerprint density at radius 2 is 1.76 bits per heavy atom. The zero-order valence-corrected chi connectivity index (χ0v) is 13.3. The summed E-state index contributed by atoms with van der Waals surface area (Å²) in [5.74, 6) is -0.316. The first-order valence-corrected chi connectivity index (χ1v) is 8.77. The van der Waals surface area contributed by atoms with Crippen LogP contribution in [0, 0.1) is 19.8 Å². The van der Waals surface area contributed by atoms with Crippen molar-refractivity contribution >= 4 is 15.9 Å². The molecule has 1 fully saturated rings. The highest BCUT2D eigenvalue weighted by molar-refractivity contribution is 7.89. The standard InChI is InChI=1S/C15H22N2O3S/c1-11-8-9-14(10-12(11)2)21(19,20)17-16-15(18)13-6-4-3-5-7-13/h8-10,13,17H,3-7H2,1-2H3,(H,16,18). The van der Waals surface area contributed by atoms with Crippen molar-refractivity contribution in [2.24, 2.45) is 5.92 Å². The van der Waals surface area contributed by atoms with Crippen molar-refractivity contribution in [3.05, 3.63) is 29.3 Å². The second-order valence-corrected chi connectivity index (χ2v) is 7.36. The van der Waals surface area contributed by atoms with Gasteiger partial charge in [0.15, 0.2) is 0 Å². The van der Waals surface area contributed by atoms with E-state index < -0.39 is 10.0 Å². The van der Waals surface area contributed by atoms with Gasteiger partial charge in [0.05, 0.1) is 4.90 Å². The van der Waals surface area contributed by atoms with E-state index in [1.54, 1.807) is 12.1 Å². The van der Waals surface area contributed by atoms with E-state index in [0.29, 0.717) is 0 Å². The molecule has 0 bridgehead atoms. The van der Waals surface area contributed by atoms with Gasteiger partial charge in [-0.3, -0.25) is 10.2 Å². The summed E-state index contributed by atoms with van der Waals surface area (Å²) in [6.45, 7) is 3.78. The summed E-state index contributed by atoms with van der Waals surface area (Å²) in [7, 11) is -3.72. The normalized spacial score (nSPS) is 16.7. The van der Waals surface area contributed by atoms with Crippen LogP contribution in [-0.4, -0.2) is 14.3 Å². The number of aryl methyl sites for hydroxylation is 2. The SMILES string of the molecule is Cc1ccc(S(=O)(=O)NNC(=O)C2CCCCC2)cc1C. The van der Waals surface area contributed by atoms with Crippen LogP contribution in [0.5, 0.6) is 0 Å². The summed E-state index contributed by atoms with van der Waals surface area (Å²) in [6, 6.07) is 4.90. The van der Waals surface area contributed by atoms with Crippen LogP contribution in [0.3, 0.4) is 0 Å². The Balaban J connectivity index is 2.00. The predicted molar refractivity (Wildman–Crippen MR) is 81.0 cm³/mol. The Hall–Kier alpha value is -1.40. The molecule has 0 radical (unpaired) electrons. The molecule has 2 rings (SSSR count). The van der Waals surface area contributed by atoms with E-state index >= 15 is 0 Å². The molecule has 6 heteroatoms. The van der Waals surface area contributed by atoms with E-state index in [1.807, 2.05) is 13.8 Å². The van der Waals surface area contributed by atoms with E-state index in [4.69, 9.17) is 0 Å². The van der Waals surface area contributed by atoms with Crippen LogP contribution >= 0.6 is 0 Å². The molecule has 0 aromatic heterocycles. The largest absolute Gasteiger partial charge is 0.277 e. The first-order chi connectivity index (χ1) is 9.90. The van der Waals surface area contributed by atoms with Crippen LogP contribution in [-0.2, 0) is 14.8 Å². The summed E-state index contributed by atoms with van der Waals surface area (Å²) >= 11 is 0. The van der Waals surface area contributed by atoms with Gasteiger partial charge >= 0.3 is 0 Å². The number of carbonyl (C=O) groups is 1. The molecule has 1 amide bonds. The highest BCUT2D eigenvalue weighted by Crippen LogP contribution is 2.23. The van der Waals surface area contributed by atoms with Crippen molar-refractivity contribution in [2.45, 2.75) is 50.8 Å². The van der Waals surface area contributed by atoms with Crippen molar-refractivity contribution in [2.75, 3.05) is 0 Å². The number of carbonyl (C=O) groups excluding carboxylic acids is 1. The van der Waals surface area contributed by atoms with Crippen molar-refractivity contribution in [3.8, 4) is 0 Å². The molecular weight excluding hydrogens is 288 g/mol. The number of hydrogen-bond acceptors (Lipinski definition) is 3. The summed E-state index contributed by atoms with van der Waals surface area (Å²) in [5.41, 5.74) is 4.28.